The fraction of sp³-hybridized carbons (Fsp3) is 0.316. The number of hydrogen-bond donors (Lipinski definition) is 2. The average Bonchev–Trinajstić information content (AvgIpc) is 3.25. The van der Waals surface area contributed by atoms with Crippen LogP contribution in [0.5, 0.6) is 5.75 Å². The molecule has 0 bridgehead atoms. The number of nitro benzene ring substituents is 1. The lowest BCUT2D eigenvalue weighted by molar-refractivity contribution is -0.384. The van der Waals surface area contributed by atoms with Gasteiger partial charge in [0, 0.05) is 36.2 Å². The van der Waals surface area contributed by atoms with Gasteiger partial charge in [-0.05, 0) is 12.1 Å². The van der Waals surface area contributed by atoms with Crippen molar-refractivity contribution in [1.82, 2.24) is 5.32 Å². The number of nitrogens with zero attached hydrogens (tertiary/aromatic N) is 1. The number of para-hydroxylation sites is 3. The Kier molecular flexibility index (Phi) is 7.44. The van der Waals surface area contributed by atoms with Crippen LogP contribution in [-0.4, -0.2) is 42.0 Å². The van der Waals surface area contributed by atoms with E-state index in [4.69, 9.17) is 4.74 Å². The molecule has 0 spiro atoms. The van der Waals surface area contributed by atoms with E-state index in [9.17, 15) is 14.9 Å². The second kappa shape index (κ2) is 10.2. The maximum atomic E-state index is 12.1. The van der Waals surface area contributed by atoms with Crippen LogP contribution in [0.15, 0.2) is 48.5 Å². The van der Waals surface area contributed by atoms with E-state index in [1.807, 2.05) is 47.8 Å². The third-order valence-electron chi connectivity index (χ3n) is 4.02. The largest absolute Gasteiger partial charge is 0.483 e. The number of benzene rings is 2. The molecule has 0 aliphatic carbocycles. The highest BCUT2D eigenvalue weighted by atomic mass is 32.2. The van der Waals surface area contributed by atoms with Crippen LogP contribution in [0.2, 0.25) is 0 Å². The van der Waals surface area contributed by atoms with Crippen molar-refractivity contribution in [2.45, 2.75) is 4.58 Å². The van der Waals surface area contributed by atoms with Gasteiger partial charge in [0.25, 0.3) is 11.6 Å². The molecule has 1 fully saturated rings. The van der Waals surface area contributed by atoms with Gasteiger partial charge in [-0.25, -0.2) is 0 Å². The van der Waals surface area contributed by atoms with Crippen molar-refractivity contribution in [3.8, 4) is 5.75 Å². The van der Waals surface area contributed by atoms with Gasteiger partial charge in [0.1, 0.15) is 11.4 Å². The van der Waals surface area contributed by atoms with Gasteiger partial charge in [-0.2, -0.15) is 0 Å². The van der Waals surface area contributed by atoms with Crippen molar-refractivity contribution >= 4 is 40.8 Å². The Morgan fingerprint density at radius 3 is 2.61 bits per heavy atom. The number of thioether (sulfide) groups is 2. The lowest BCUT2D eigenvalue weighted by Crippen LogP contribution is -2.32. The van der Waals surface area contributed by atoms with Gasteiger partial charge >= 0.3 is 0 Å². The number of amides is 1. The van der Waals surface area contributed by atoms with Crippen molar-refractivity contribution in [2.75, 3.05) is 36.5 Å². The number of nitro groups is 1. The fourth-order valence-electron chi connectivity index (χ4n) is 2.72. The minimum atomic E-state index is -0.437. The lowest BCUT2D eigenvalue weighted by atomic mass is 10.2. The smallest absolute Gasteiger partial charge is 0.292 e. The van der Waals surface area contributed by atoms with Crippen LogP contribution >= 0.6 is 23.5 Å². The highest BCUT2D eigenvalue weighted by Crippen LogP contribution is 2.48. The Balaban J connectivity index is 1.43. The summed E-state index contributed by atoms with van der Waals surface area (Å²) in [5.41, 5.74) is 1.55. The van der Waals surface area contributed by atoms with Crippen LogP contribution in [0.3, 0.4) is 0 Å². The number of carbonyl (C=O) groups is 1. The minimum Gasteiger partial charge on any atom is -0.483 e. The van der Waals surface area contributed by atoms with E-state index in [2.05, 4.69) is 10.6 Å². The molecular weight excluding hydrogens is 398 g/mol. The molecular formula is C19H21N3O4S2. The molecule has 0 aromatic heterocycles. The topological polar surface area (TPSA) is 93.5 Å². The fourth-order valence-corrected chi connectivity index (χ4v) is 5.63. The summed E-state index contributed by atoms with van der Waals surface area (Å²) >= 11 is 3.78. The molecule has 9 heteroatoms. The van der Waals surface area contributed by atoms with E-state index in [1.54, 1.807) is 18.2 Å². The Labute approximate surface area is 171 Å². The molecule has 1 aliphatic rings. The van der Waals surface area contributed by atoms with Crippen LogP contribution in [0, 0.1) is 10.1 Å². The quantitative estimate of drug-likeness (QED) is 0.364. The zero-order valence-electron chi connectivity index (χ0n) is 15.1. The molecule has 28 heavy (non-hydrogen) atoms. The van der Waals surface area contributed by atoms with Gasteiger partial charge in [-0.15, -0.1) is 23.5 Å². The van der Waals surface area contributed by atoms with Crippen molar-refractivity contribution in [1.29, 1.82) is 0 Å². The molecule has 1 saturated heterocycles. The van der Waals surface area contributed by atoms with Crippen LogP contribution in [0.4, 0.5) is 11.4 Å². The molecule has 148 valence electrons. The predicted molar refractivity (Wildman–Crippen MR) is 114 cm³/mol. The molecule has 0 atom stereocenters. The van der Waals surface area contributed by atoms with Crippen LogP contribution < -0.4 is 15.4 Å². The van der Waals surface area contributed by atoms with E-state index in [-0.39, 0.29) is 18.2 Å². The highest BCUT2D eigenvalue weighted by molar-refractivity contribution is 8.19. The molecule has 0 unspecified atom stereocenters. The summed E-state index contributed by atoms with van der Waals surface area (Å²) in [6.07, 6.45) is 0. The van der Waals surface area contributed by atoms with Crippen molar-refractivity contribution in [3.05, 3.63) is 64.2 Å². The Morgan fingerprint density at radius 2 is 1.82 bits per heavy atom. The molecule has 7 nitrogen and oxygen atoms in total. The number of ether oxygens (including phenoxy) is 1. The Morgan fingerprint density at radius 1 is 1.11 bits per heavy atom. The SMILES string of the molecule is O=C(COc1ccccc1C1SCCS1)NCCNc1ccccc1[N+](=O)[O-]. The zero-order valence-corrected chi connectivity index (χ0v) is 16.8. The summed E-state index contributed by atoms with van der Waals surface area (Å²) in [7, 11) is 0. The van der Waals surface area contributed by atoms with Crippen molar-refractivity contribution in [3.63, 3.8) is 0 Å². The Hall–Kier alpha value is -2.39. The van der Waals surface area contributed by atoms with Crippen LogP contribution in [0.1, 0.15) is 10.1 Å². The Bertz CT molecular complexity index is 828. The summed E-state index contributed by atoms with van der Waals surface area (Å²) in [5.74, 6) is 2.75. The predicted octanol–water partition coefficient (Wildman–Crippen LogP) is 3.68. The van der Waals surface area contributed by atoms with Crippen molar-refractivity contribution < 1.29 is 14.5 Å². The molecule has 1 aliphatic heterocycles. The number of nitrogens with one attached hydrogen (secondary N) is 2. The van der Waals surface area contributed by atoms with Gasteiger partial charge in [0.15, 0.2) is 6.61 Å². The highest BCUT2D eigenvalue weighted by Gasteiger charge is 2.21. The van der Waals surface area contributed by atoms with E-state index in [0.717, 1.165) is 22.8 Å². The number of rotatable bonds is 9. The van der Waals surface area contributed by atoms with Crippen molar-refractivity contribution in [2.24, 2.45) is 0 Å². The van der Waals surface area contributed by atoms with E-state index in [0.29, 0.717) is 23.4 Å². The van der Waals surface area contributed by atoms with Gasteiger partial charge in [0.05, 0.1) is 9.51 Å². The molecule has 2 aromatic rings. The molecule has 1 heterocycles. The summed E-state index contributed by atoms with van der Waals surface area (Å²) in [6, 6.07) is 14.2. The maximum absolute atomic E-state index is 12.1. The van der Waals surface area contributed by atoms with E-state index >= 15 is 0 Å². The second-order valence-electron chi connectivity index (χ2n) is 5.95. The first-order valence-corrected chi connectivity index (χ1v) is 10.9. The number of hydrogen-bond acceptors (Lipinski definition) is 7. The summed E-state index contributed by atoms with van der Waals surface area (Å²) < 4.78 is 6.08. The molecule has 0 saturated carbocycles. The summed E-state index contributed by atoms with van der Waals surface area (Å²) in [4.78, 5) is 22.6. The third kappa shape index (κ3) is 5.56. The molecule has 3 rings (SSSR count). The number of anilines is 1. The van der Waals surface area contributed by atoms with Gasteiger partial charge in [-0.1, -0.05) is 30.3 Å². The number of carbonyl (C=O) groups excluding carboxylic acids is 1. The maximum Gasteiger partial charge on any atom is 0.292 e. The monoisotopic (exact) mass is 419 g/mol. The van der Waals surface area contributed by atoms with Crippen LogP contribution in [0.25, 0.3) is 0 Å². The molecule has 0 radical (unpaired) electrons. The van der Waals surface area contributed by atoms with Gasteiger partial charge in [-0.3, -0.25) is 14.9 Å². The van der Waals surface area contributed by atoms with Gasteiger partial charge < -0.3 is 15.4 Å². The minimum absolute atomic E-state index is 0.0106. The molecule has 2 N–H and O–H groups in total. The zero-order chi connectivity index (χ0) is 19.8. The summed E-state index contributed by atoms with van der Waals surface area (Å²) in [6.45, 7) is 0.650. The van der Waals surface area contributed by atoms with Gasteiger partial charge in [0.2, 0.25) is 0 Å². The first kappa shape index (κ1) is 20.3. The lowest BCUT2D eigenvalue weighted by Gasteiger charge is -2.15. The second-order valence-corrected chi connectivity index (χ2v) is 8.68. The standard InChI is InChI=1S/C19H21N3O4S2/c23-18(21-10-9-20-15-6-2-3-7-16(15)22(24)25)13-26-17-8-4-1-5-14(17)19-27-11-12-28-19/h1-8,19-20H,9-13H2,(H,21,23). The van der Waals surface area contributed by atoms with Crippen LogP contribution in [-0.2, 0) is 4.79 Å². The first-order valence-electron chi connectivity index (χ1n) is 8.84. The molecule has 1 amide bonds. The third-order valence-corrected chi connectivity index (χ3v) is 7.08. The average molecular weight is 420 g/mol. The van der Waals surface area contributed by atoms with E-state index < -0.39 is 4.92 Å². The van der Waals surface area contributed by atoms with E-state index in [1.165, 1.54) is 6.07 Å². The molecule has 2 aromatic carbocycles. The normalized spacial score (nSPS) is 13.9. The summed E-state index contributed by atoms with van der Waals surface area (Å²) in [5, 5.41) is 16.7. The first-order chi connectivity index (χ1) is 13.6.